The molecule has 0 saturated carbocycles. The number of ether oxygens (including phenoxy) is 1. The molecule has 9 heteroatoms. The van der Waals surface area contributed by atoms with Crippen LogP contribution in [0.15, 0.2) is 53.4 Å². The lowest BCUT2D eigenvalue weighted by Crippen LogP contribution is -2.40. The molecule has 2 heterocycles. The highest BCUT2D eigenvalue weighted by atomic mass is 32.2. The largest absolute Gasteiger partial charge is 0.379 e. The maximum Gasteiger partial charge on any atom is 0.243 e. The van der Waals surface area contributed by atoms with E-state index in [9.17, 15) is 13.2 Å². The third kappa shape index (κ3) is 5.10. The van der Waals surface area contributed by atoms with Gasteiger partial charge in [0.15, 0.2) is 0 Å². The third-order valence-electron chi connectivity index (χ3n) is 5.97. The van der Waals surface area contributed by atoms with E-state index in [1.165, 1.54) is 4.31 Å². The van der Waals surface area contributed by atoms with Crippen LogP contribution in [0.4, 0.5) is 0 Å². The number of imidazole rings is 1. The minimum absolute atomic E-state index is 0.0455. The van der Waals surface area contributed by atoms with Crippen molar-refractivity contribution < 1.29 is 17.9 Å². The summed E-state index contributed by atoms with van der Waals surface area (Å²) >= 11 is 0. The molecule has 0 spiro atoms. The van der Waals surface area contributed by atoms with Crippen LogP contribution < -0.4 is 0 Å². The molecule has 3 aromatic rings. The molecule has 176 valence electrons. The Morgan fingerprint density at radius 3 is 2.55 bits per heavy atom. The zero-order valence-electron chi connectivity index (χ0n) is 19.1. The number of carbonyl (C=O) groups is 1. The van der Waals surface area contributed by atoms with E-state index < -0.39 is 10.0 Å². The predicted molar refractivity (Wildman–Crippen MR) is 126 cm³/mol. The van der Waals surface area contributed by atoms with Crippen LogP contribution in [0.5, 0.6) is 0 Å². The lowest BCUT2D eigenvalue weighted by molar-refractivity contribution is -0.130. The molecule has 4 rings (SSSR count). The molecule has 0 unspecified atom stereocenters. The van der Waals surface area contributed by atoms with Gasteiger partial charge in [-0.1, -0.05) is 30.3 Å². The van der Waals surface area contributed by atoms with Crippen molar-refractivity contribution in [3.05, 3.63) is 59.9 Å². The number of sulfonamides is 1. The van der Waals surface area contributed by atoms with E-state index in [-0.39, 0.29) is 10.8 Å². The van der Waals surface area contributed by atoms with Crippen molar-refractivity contribution in [1.29, 1.82) is 0 Å². The molecule has 1 amide bonds. The average molecular weight is 471 g/mol. The lowest BCUT2D eigenvalue weighted by Gasteiger charge is -2.26. The van der Waals surface area contributed by atoms with Gasteiger partial charge < -0.3 is 14.2 Å². The van der Waals surface area contributed by atoms with Crippen LogP contribution in [0.2, 0.25) is 0 Å². The quantitative estimate of drug-likeness (QED) is 0.505. The number of hydrogen-bond donors (Lipinski definition) is 0. The zero-order chi connectivity index (χ0) is 23.4. The van der Waals surface area contributed by atoms with Crippen molar-refractivity contribution in [1.82, 2.24) is 18.8 Å². The first-order valence-corrected chi connectivity index (χ1v) is 12.7. The summed E-state index contributed by atoms with van der Waals surface area (Å²) in [5, 5.41) is 0. The molecule has 1 aliphatic heterocycles. The fraction of sp³-hybridized carbons (Fsp3) is 0.417. The minimum Gasteiger partial charge on any atom is -0.379 e. The van der Waals surface area contributed by atoms with Gasteiger partial charge in [0.05, 0.1) is 29.1 Å². The molecular weight excluding hydrogens is 440 g/mol. The maximum absolute atomic E-state index is 13.0. The van der Waals surface area contributed by atoms with Crippen LogP contribution in [0.1, 0.15) is 24.7 Å². The fourth-order valence-corrected chi connectivity index (χ4v) is 5.58. The van der Waals surface area contributed by atoms with Crippen molar-refractivity contribution >= 4 is 27.0 Å². The van der Waals surface area contributed by atoms with E-state index in [1.807, 2.05) is 47.9 Å². The third-order valence-corrected chi connectivity index (χ3v) is 7.87. The van der Waals surface area contributed by atoms with E-state index in [1.54, 1.807) is 24.1 Å². The van der Waals surface area contributed by atoms with Gasteiger partial charge in [-0.25, -0.2) is 13.4 Å². The number of hydrogen-bond acceptors (Lipinski definition) is 5. The van der Waals surface area contributed by atoms with Gasteiger partial charge in [-0.15, -0.1) is 0 Å². The van der Waals surface area contributed by atoms with Crippen LogP contribution in [0.25, 0.3) is 11.0 Å². The van der Waals surface area contributed by atoms with Crippen LogP contribution >= 0.6 is 0 Å². The summed E-state index contributed by atoms with van der Waals surface area (Å²) < 4.78 is 34.8. The SMILES string of the molecule is CCn1c(CCC(=O)N(C)Cc2ccccc2)nc2cc(S(=O)(=O)N3CCOCC3)ccc21. The summed E-state index contributed by atoms with van der Waals surface area (Å²) in [7, 11) is -1.78. The molecule has 0 aliphatic carbocycles. The number of nitrogens with zero attached hydrogens (tertiary/aromatic N) is 4. The monoisotopic (exact) mass is 470 g/mol. The van der Waals surface area contributed by atoms with Gasteiger partial charge in [0.1, 0.15) is 5.82 Å². The van der Waals surface area contributed by atoms with Gasteiger partial charge in [0.25, 0.3) is 0 Å². The van der Waals surface area contributed by atoms with Crippen molar-refractivity contribution in [2.75, 3.05) is 33.4 Å². The molecule has 0 bridgehead atoms. The molecule has 2 aromatic carbocycles. The summed E-state index contributed by atoms with van der Waals surface area (Å²) in [6.07, 6.45) is 0.831. The standard InChI is InChI=1S/C24H30N4O4S/c1-3-28-22-10-9-20(33(30,31)27-13-15-32-16-14-27)17-21(22)25-23(28)11-12-24(29)26(2)18-19-7-5-4-6-8-19/h4-10,17H,3,11-16,18H2,1-2H3. The smallest absolute Gasteiger partial charge is 0.243 e. The Hall–Kier alpha value is -2.75. The minimum atomic E-state index is -3.59. The summed E-state index contributed by atoms with van der Waals surface area (Å²) in [5.41, 5.74) is 2.59. The van der Waals surface area contributed by atoms with Crippen molar-refractivity contribution in [3.63, 3.8) is 0 Å². The molecule has 33 heavy (non-hydrogen) atoms. The van der Waals surface area contributed by atoms with E-state index in [0.29, 0.717) is 57.8 Å². The van der Waals surface area contributed by atoms with Crippen LogP contribution in [-0.2, 0) is 39.1 Å². The van der Waals surface area contributed by atoms with E-state index in [4.69, 9.17) is 9.72 Å². The zero-order valence-corrected chi connectivity index (χ0v) is 19.9. The second-order valence-electron chi connectivity index (χ2n) is 8.17. The molecular formula is C24H30N4O4S. The van der Waals surface area contributed by atoms with Crippen LogP contribution in [0, 0.1) is 0 Å². The molecule has 8 nitrogen and oxygen atoms in total. The Labute approximate surface area is 194 Å². The molecule has 1 fully saturated rings. The Morgan fingerprint density at radius 1 is 1.12 bits per heavy atom. The van der Waals surface area contributed by atoms with Gasteiger partial charge in [-0.05, 0) is 30.7 Å². The fourth-order valence-electron chi connectivity index (χ4n) is 4.15. The lowest BCUT2D eigenvalue weighted by atomic mass is 10.2. The van der Waals surface area contributed by atoms with Crippen molar-refractivity contribution in [3.8, 4) is 0 Å². The Kier molecular flexibility index (Phi) is 7.11. The maximum atomic E-state index is 13.0. The number of rotatable bonds is 8. The van der Waals surface area contributed by atoms with E-state index in [2.05, 4.69) is 0 Å². The second-order valence-corrected chi connectivity index (χ2v) is 10.1. The predicted octanol–water partition coefficient (Wildman–Crippen LogP) is 2.67. The number of aryl methyl sites for hydroxylation is 2. The molecule has 0 atom stereocenters. The molecule has 0 N–H and O–H groups in total. The Morgan fingerprint density at radius 2 is 1.85 bits per heavy atom. The summed E-state index contributed by atoms with van der Waals surface area (Å²) in [4.78, 5) is 19.4. The summed E-state index contributed by atoms with van der Waals surface area (Å²) in [5.74, 6) is 0.832. The van der Waals surface area contributed by atoms with Crippen LogP contribution in [-0.4, -0.2) is 66.4 Å². The molecule has 0 radical (unpaired) electrons. The molecule has 1 saturated heterocycles. The number of carbonyl (C=O) groups excluding carboxylic acids is 1. The number of morpholine rings is 1. The molecule has 1 aromatic heterocycles. The van der Waals surface area contributed by atoms with E-state index in [0.717, 1.165) is 16.9 Å². The van der Waals surface area contributed by atoms with Crippen molar-refractivity contribution in [2.45, 2.75) is 37.8 Å². The first-order chi connectivity index (χ1) is 15.9. The highest BCUT2D eigenvalue weighted by molar-refractivity contribution is 7.89. The number of fused-ring (bicyclic) bond motifs is 1. The molecule has 1 aliphatic rings. The second kappa shape index (κ2) is 10.0. The summed E-state index contributed by atoms with van der Waals surface area (Å²) in [6.45, 7) is 4.79. The van der Waals surface area contributed by atoms with Gasteiger partial charge in [0, 0.05) is 46.1 Å². The number of benzene rings is 2. The van der Waals surface area contributed by atoms with Gasteiger partial charge >= 0.3 is 0 Å². The Balaban J connectivity index is 1.50. The van der Waals surface area contributed by atoms with Gasteiger partial charge in [-0.2, -0.15) is 4.31 Å². The Bertz CT molecular complexity index is 1220. The number of aromatic nitrogens is 2. The highest BCUT2D eigenvalue weighted by Crippen LogP contribution is 2.24. The first-order valence-electron chi connectivity index (χ1n) is 11.2. The highest BCUT2D eigenvalue weighted by Gasteiger charge is 2.27. The number of amides is 1. The normalized spacial score (nSPS) is 15.1. The summed E-state index contributed by atoms with van der Waals surface area (Å²) in [6, 6.07) is 15.0. The average Bonchev–Trinajstić information content (AvgIpc) is 3.20. The topological polar surface area (TPSA) is 84.7 Å². The van der Waals surface area contributed by atoms with Gasteiger partial charge in [0.2, 0.25) is 15.9 Å². The van der Waals surface area contributed by atoms with Crippen molar-refractivity contribution in [2.24, 2.45) is 0 Å². The van der Waals surface area contributed by atoms with Gasteiger partial charge in [-0.3, -0.25) is 4.79 Å². The van der Waals surface area contributed by atoms with E-state index >= 15 is 0 Å². The first kappa shape index (κ1) is 23.4. The van der Waals surface area contributed by atoms with Crippen LogP contribution in [0.3, 0.4) is 0 Å².